The first-order valence-corrected chi connectivity index (χ1v) is 10.0. The number of methoxy groups -OCH3 is 3. The smallest absolute Gasteiger partial charge is 0.312 e. The molecule has 0 radical (unpaired) electrons. The van der Waals surface area contributed by atoms with Crippen LogP contribution in [0, 0.1) is 5.92 Å². The summed E-state index contributed by atoms with van der Waals surface area (Å²) in [6.07, 6.45) is 0.320. The molecule has 8 nitrogen and oxygen atoms in total. The molecule has 1 aliphatic rings. The summed E-state index contributed by atoms with van der Waals surface area (Å²) in [5, 5.41) is 12.2. The fourth-order valence-corrected chi connectivity index (χ4v) is 3.88. The van der Waals surface area contributed by atoms with Crippen molar-refractivity contribution >= 4 is 5.97 Å². The van der Waals surface area contributed by atoms with Gasteiger partial charge in [-0.2, -0.15) is 0 Å². The quantitative estimate of drug-likeness (QED) is 0.604. The lowest BCUT2D eigenvalue weighted by Gasteiger charge is -2.36. The number of carbonyl (C=O) groups is 1. The van der Waals surface area contributed by atoms with Crippen molar-refractivity contribution in [3.8, 4) is 28.7 Å². The van der Waals surface area contributed by atoms with Gasteiger partial charge in [-0.05, 0) is 48.7 Å². The van der Waals surface area contributed by atoms with Crippen molar-refractivity contribution in [1.29, 1.82) is 0 Å². The third-order valence-corrected chi connectivity index (χ3v) is 5.40. The molecule has 2 atom stereocenters. The van der Waals surface area contributed by atoms with E-state index in [-0.39, 0.29) is 13.4 Å². The minimum absolute atomic E-state index is 0.0937. The summed E-state index contributed by atoms with van der Waals surface area (Å²) in [6, 6.07) is 8.35. The van der Waals surface area contributed by atoms with Crippen LogP contribution in [0.25, 0.3) is 0 Å². The van der Waals surface area contributed by atoms with Crippen LogP contribution in [-0.4, -0.2) is 45.8 Å². The van der Waals surface area contributed by atoms with Gasteiger partial charge in [-0.3, -0.25) is 4.79 Å². The third kappa shape index (κ3) is 3.95. The fourth-order valence-electron chi connectivity index (χ4n) is 3.88. The lowest BCUT2D eigenvalue weighted by Crippen LogP contribution is -2.41. The Hall–Kier alpha value is -3.13. The Morgan fingerprint density at radius 3 is 2.19 bits per heavy atom. The van der Waals surface area contributed by atoms with E-state index in [0.717, 1.165) is 0 Å². The molecule has 31 heavy (non-hydrogen) atoms. The molecule has 0 spiro atoms. The molecule has 1 heterocycles. The molecule has 8 heteroatoms. The molecular formula is C23H28O8. The molecule has 0 saturated carbocycles. The molecule has 0 bridgehead atoms. The Kier molecular flexibility index (Phi) is 6.80. The predicted octanol–water partition coefficient (Wildman–Crippen LogP) is 3.27. The van der Waals surface area contributed by atoms with Crippen molar-refractivity contribution in [2.75, 3.05) is 34.7 Å². The lowest BCUT2D eigenvalue weighted by atomic mass is 9.74. The van der Waals surface area contributed by atoms with Crippen LogP contribution in [0.4, 0.5) is 0 Å². The fraction of sp³-hybridized carbons (Fsp3) is 0.435. The Morgan fingerprint density at radius 2 is 1.65 bits per heavy atom. The molecule has 3 rings (SSSR count). The first kappa shape index (κ1) is 22.6. The first-order chi connectivity index (χ1) is 14.9. The maximum Gasteiger partial charge on any atom is 0.312 e. The van der Waals surface area contributed by atoms with Crippen molar-refractivity contribution in [2.24, 2.45) is 5.92 Å². The van der Waals surface area contributed by atoms with E-state index in [1.165, 1.54) is 21.3 Å². The van der Waals surface area contributed by atoms with Crippen molar-refractivity contribution in [2.45, 2.75) is 25.9 Å². The molecule has 1 N–H and O–H groups in total. The Balaban J connectivity index is 2.27. The third-order valence-electron chi connectivity index (χ3n) is 5.40. The van der Waals surface area contributed by atoms with Gasteiger partial charge in [0.05, 0.1) is 33.9 Å². The minimum Gasteiger partial charge on any atom is -0.493 e. The average Bonchev–Trinajstić information content (AvgIpc) is 3.26. The van der Waals surface area contributed by atoms with E-state index in [0.29, 0.717) is 46.3 Å². The Morgan fingerprint density at radius 1 is 1.00 bits per heavy atom. The van der Waals surface area contributed by atoms with Gasteiger partial charge in [0, 0.05) is 0 Å². The van der Waals surface area contributed by atoms with Crippen LogP contribution in [0.15, 0.2) is 30.3 Å². The van der Waals surface area contributed by atoms with Crippen LogP contribution in [0.5, 0.6) is 28.7 Å². The molecule has 2 aromatic rings. The largest absolute Gasteiger partial charge is 0.493 e. The van der Waals surface area contributed by atoms with Gasteiger partial charge in [-0.1, -0.05) is 13.0 Å². The van der Waals surface area contributed by atoms with Crippen molar-refractivity contribution in [1.82, 2.24) is 0 Å². The Labute approximate surface area is 181 Å². The molecule has 1 aliphatic heterocycles. The molecule has 0 aliphatic carbocycles. The highest BCUT2D eigenvalue weighted by Crippen LogP contribution is 2.48. The van der Waals surface area contributed by atoms with E-state index >= 15 is 0 Å². The van der Waals surface area contributed by atoms with E-state index in [9.17, 15) is 9.90 Å². The van der Waals surface area contributed by atoms with Gasteiger partial charge < -0.3 is 33.5 Å². The number of benzene rings is 2. The van der Waals surface area contributed by atoms with Gasteiger partial charge in [0.1, 0.15) is 5.60 Å². The summed E-state index contributed by atoms with van der Waals surface area (Å²) in [7, 11) is 4.48. The summed E-state index contributed by atoms with van der Waals surface area (Å²) in [5.41, 5.74) is -0.930. The van der Waals surface area contributed by atoms with E-state index in [1.54, 1.807) is 37.3 Å². The Bertz CT molecular complexity index is 916. The SMILES string of the molecule is CCOC(=O)C(CC)C(O)(c1ccc2c(c1)OCO2)c1cc(OC)c(OC)c(OC)c1. The van der Waals surface area contributed by atoms with E-state index in [4.69, 9.17) is 28.4 Å². The van der Waals surface area contributed by atoms with Gasteiger partial charge in [0.15, 0.2) is 23.0 Å². The molecular weight excluding hydrogens is 404 g/mol. The highest BCUT2D eigenvalue weighted by molar-refractivity contribution is 5.76. The van der Waals surface area contributed by atoms with Gasteiger partial charge in [-0.15, -0.1) is 0 Å². The van der Waals surface area contributed by atoms with Crippen LogP contribution >= 0.6 is 0 Å². The number of carbonyl (C=O) groups excluding carboxylic acids is 1. The van der Waals surface area contributed by atoms with Gasteiger partial charge in [0.2, 0.25) is 12.5 Å². The summed E-state index contributed by atoms with van der Waals surface area (Å²) in [6.45, 7) is 3.83. The second-order valence-corrected chi connectivity index (χ2v) is 6.96. The van der Waals surface area contributed by atoms with Crippen molar-refractivity contribution < 1.29 is 38.3 Å². The standard InChI is InChI=1S/C23H28O8/c1-6-16(22(24)29-7-2)23(25,14-8-9-17-18(10-14)31-13-30-17)15-11-19(26-3)21(28-5)20(12-15)27-4/h8-12,16,25H,6-7,13H2,1-5H3. The molecule has 0 saturated heterocycles. The molecule has 0 fully saturated rings. The topological polar surface area (TPSA) is 92.7 Å². The number of rotatable bonds is 9. The number of aliphatic hydroxyl groups is 1. The zero-order chi connectivity index (χ0) is 22.6. The van der Waals surface area contributed by atoms with Gasteiger partial charge >= 0.3 is 5.97 Å². The zero-order valence-corrected chi connectivity index (χ0v) is 18.4. The molecule has 2 aromatic carbocycles. The summed E-state index contributed by atoms with van der Waals surface area (Å²) < 4.78 is 32.5. The monoisotopic (exact) mass is 432 g/mol. The maximum atomic E-state index is 12.9. The second-order valence-electron chi connectivity index (χ2n) is 6.96. The van der Waals surface area contributed by atoms with E-state index in [2.05, 4.69) is 0 Å². The zero-order valence-electron chi connectivity index (χ0n) is 18.4. The van der Waals surface area contributed by atoms with Crippen LogP contribution in [0.3, 0.4) is 0 Å². The number of ether oxygens (including phenoxy) is 6. The van der Waals surface area contributed by atoms with Gasteiger partial charge in [-0.25, -0.2) is 0 Å². The second kappa shape index (κ2) is 9.34. The van der Waals surface area contributed by atoms with Crippen LogP contribution in [-0.2, 0) is 15.1 Å². The van der Waals surface area contributed by atoms with Crippen molar-refractivity contribution in [3.05, 3.63) is 41.5 Å². The average molecular weight is 432 g/mol. The number of fused-ring (bicyclic) bond motifs is 1. The van der Waals surface area contributed by atoms with Crippen LogP contribution in [0.2, 0.25) is 0 Å². The van der Waals surface area contributed by atoms with E-state index in [1.807, 2.05) is 6.92 Å². The molecule has 0 amide bonds. The number of esters is 1. The lowest BCUT2D eigenvalue weighted by molar-refractivity contribution is -0.156. The molecule has 2 unspecified atom stereocenters. The van der Waals surface area contributed by atoms with Gasteiger partial charge in [0.25, 0.3) is 0 Å². The summed E-state index contributed by atoms with van der Waals surface area (Å²) in [5.74, 6) is 0.729. The predicted molar refractivity (Wildman–Crippen MR) is 112 cm³/mol. The molecule has 168 valence electrons. The first-order valence-electron chi connectivity index (χ1n) is 10.0. The maximum absolute atomic E-state index is 12.9. The highest BCUT2D eigenvalue weighted by Gasteiger charge is 2.46. The number of hydrogen-bond donors (Lipinski definition) is 1. The summed E-state index contributed by atoms with van der Waals surface area (Å²) >= 11 is 0. The normalized spacial score (nSPS) is 15.0. The minimum atomic E-state index is -1.77. The van der Waals surface area contributed by atoms with E-state index < -0.39 is 17.5 Å². The van der Waals surface area contributed by atoms with Crippen LogP contribution < -0.4 is 23.7 Å². The van der Waals surface area contributed by atoms with Crippen LogP contribution in [0.1, 0.15) is 31.4 Å². The summed E-state index contributed by atoms with van der Waals surface area (Å²) in [4.78, 5) is 12.9. The number of hydrogen-bond acceptors (Lipinski definition) is 8. The molecule has 0 aromatic heterocycles. The highest BCUT2D eigenvalue weighted by atomic mass is 16.7. The van der Waals surface area contributed by atoms with Crippen molar-refractivity contribution in [3.63, 3.8) is 0 Å².